The lowest BCUT2D eigenvalue weighted by molar-refractivity contribution is -0.121. The summed E-state index contributed by atoms with van der Waals surface area (Å²) in [5.41, 5.74) is 5.45. The molecule has 0 fully saturated rings. The number of aromatic nitrogens is 3. The Hall–Kier alpha value is -2.84. The Bertz CT molecular complexity index is 1020. The van der Waals surface area contributed by atoms with Crippen molar-refractivity contribution in [2.24, 2.45) is 5.84 Å². The molecular formula is C17H15N5O2S. The highest BCUT2D eigenvalue weighted by molar-refractivity contribution is 7.98. The summed E-state index contributed by atoms with van der Waals surface area (Å²) in [6.45, 7) is 0.112. The summed E-state index contributed by atoms with van der Waals surface area (Å²) in [4.78, 5) is 20.8. The highest BCUT2D eigenvalue weighted by atomic mass is 32.2. The van der Waals surface area contributed by atoms with Gasteiger partial charge in [0.1, 0.15) is 17.9 Å². The molecular weight excluding hydrogens is 338 g/mol. The molecule has 0 saturated carbocycles. The van der Waals surface area contributed by atoms with Crippen LogP contribution in [-0.4, -0.2) is 20.4 Å². The summed E-state index contributed by atoms with van der Waals surface area (Å²) in [6.07, 6.45) is 0. The van der Waals surface area contributed by atoms with E-state index >= 15 is 0 Å². The van der Waals surface area contributed by atoms with Gasteiger partial charge < -0.3 is 8.98 Å². The van der Waals surface area contributed by atoms with E-state index in [9.17, 15) is 4.79 Å². The van der Waals surface area contributed by atoms with Crippen LogP contribution in [0.5, 0.6) is 0 Å². The number of hydrazine groups is 1. The van der Waals surface area contributed by atoms with E-state index in [1.54, 1.807) is 0 Å². The maximum absolute atomic E-state index is 11.7. The first-order valence-electron chi connectivity index (χ1n) is 7.66. The quantitative estimate of drug-likeness (QED) is 0.247. The Balaban J connectivity index is 1.63. The molecule has 4 aromatic rings. The molecule has 2 aromatic heterocycles. The summed E-state index contributed by atoms with van der Waals surface area (Å²) >= 11 is 1.44. The predicted molar refractivity (Wildman–Crippen MR) is 95.6 cm³/mol. The first kappa shape index (κ1) is 15.7. The fourth-order valence-electron chi connectivity index (χ4n) is 2.64. The van der Waals surface area contributed by atoms with Gasteiger partial charge >= 0.3 is 0 Å². The molecule has 7 nitrogen and oxygen atoms in total. The molecule has 2 aromatic carbocycles. The van der Waals surface area contributed by atoms with Crippen LogP contribution in [0.3, 0.4) is 0 Å². The Kier molecular flexibility index (Phi) is 4.12. The van der Waals surface area contributed by atoms with Gasteiger partial charge in [-0.15, -0.1) is 0 Å². The summed E-state index contributed by atoms with van der Waals surface area (Å²) in [7, 11) is 0. The highest BCUT2D eigenvalue weighted by Crippen LogP contribution is 2.27. The number of rotatable bonds is 5. The molecule has 0 aliphatic heterocycles. The number of hydrogen-bond acceptors (Lipinski definition) is 6. The number of carbonyl (C=O) groups excluding carboxylic acids is 1. The third kappa shape index (κ3) is 3.09. The molecule has 25 heavy (non-hydrogen) atoms. The number of para-hydroxylation sites is 4. The Labute approximate surface area is 147 Å². The van der Waals surface area contributed by atoms with Gasteiger partial charge in [0.05, 0.1) is 16.8 Å². The van der Waals surface area contributed by atoms with Crippen LogP contribution in [0, 0.1) is 0 Å². The van der Waals surface area contributed by atoms with Gasteiger partial charge in [-0.2, -0.15) is 0 Å². The summed E-state index contributed by atoms with van der Waals surface area (Å²) in [5, 5.41) is 0.572. The van der Waals surface area contributed by atoms with E-state index < -0.39 is 0 Å². The SMILES string of the molecule is NNC(=O)Cn1c(CSc2nc3ccccc3o2)nc2ccccc21. The van der Waals surface area contributed by atoms with Crippen LogP contribution in [0.2, 0.25) is 0 Å². The molecule has 1 amide bonds. The standard InChI is InChI=1S/C17H15N5O2S/c18-21-16(23)9-22-13-7-3-1-5-11(13)19-15(22)10-25-17-20-12-6-2-4-8-14(12)24-17/h1-8H,9-10,18H2,(H,21,23). The molecule has 8 heteroatoms. The summed E-state index contributed by atoms with van der Waals surface area (Å²) < 4.78 is 7.58. The minimum Gasteiger partial charge on any atom is -0.431 e. The maximum atomic E-state index is 11.7. The van der Waals surface area contributed by atoms with Crippen LogP contribution in [0.25, 0.3) is 22.1 Å². The topological polar surface area (TPSA) is 99.0 Å². The van der Waals surface area contributed by atoms with Crippen molar-refractivity contribution in [3.8, 4) is 0 Å². The molecule has 0 bridgehead atoms. The average molecular weight is 353 g/mol. The van der Waals surface area contributed by atoms with Crippen molar-refractivity contribution in [3.05, 3.63) is 54.4 Å². The van der Waals surface area contributed by atoms with E-state index in [0.29, 0.717) is 11.0 Å². The fraction of sp³-hybridized carbons (Fsp3) is 0.118. The molecule has 0 atom stereocenters. The molecule has 0 spiro atoms. The van der Waals surface area contributed by atoms with Gasteiger partial charge in [0.25, 0.3) is 11.1 Å². The van der Waals surface area contributed by atoms with Gasteiger partial charge in [-0.05, 0) is 24.3 Å². The van der Waals surface area contributed by atoms with Crippen LogP contribution >= 0.6 is 11.8 Å². The molecule has 0 aliphatic rings. The van der Waals surface area contributed by atoms with Crippen LogP contribution in [-0.2, 0) is 17.1 Å². The first-order valence-corrected chi connectivity index (χ1v) is 8.65. The molecule has 0 aliphatic carbocycles. The molecule has 4 rings (SSSR count). The minimum absolute atomic E-state index is 0.112. The molecule has 3 N–H and O–H groups in total. The van der Waals surface area contributed by atoms with Crippen LogP contribution in [0.1, 0.15) is 5.82 Å². The normalized spacial score (nSPS) is 11.2. The van der Waals surface area contributed by atoms with E-state index in [-0.39, 0.29) is 12.5 Å². The Morgan fingerprint density at radius 3 is 2.68 bits per heavy atom. The zero-order chi connectivity index (χ0) is 17.2. The number of imidazole rings is 1. The van der Waals surface area contributed by atoms with Gasteiger partial charge in [0.15, 0.2) is 5.58 Å². The fourth-order valence-corrected chi connectivity index (χ4v) is 3.42. The lowest BCUT2D eigenvalue weighted by Gasteiger charge is -2.07. The van der Waals surface area contributed by atoms with Crippen molar-refractivity contribution < 1.29 is 9.21 Å². The number of nitrogens with two attached hydrogens (primary N) is 1. The third-order valence-corrected chi connectivity index (χ3v) is 4.62. The van der Waals surface area contributed by atoms with Crippen molar-refractivity contribution >= 4 is 39.8 Å². The smallest absolute Gasteiger partial charge is 0.257 e. The summed E-state index contributed by atoms with van der Waals surface area (Å²) in [6, 6.07) is 15.3. The van der Waals surface area contributed by atoms with Crippen molar-refractivity contribution in [1.29, 1.82) is 0 Å². The largest absolute Gasteiger partial charge is 0.431 e. The van der Waals surface area contributed by atoms with Crippen molar-refractivity contribution in [3.63, 3.8) is 0 Å². The second-order valence-electron chi connectivity index (χ2n) is 5.41. The lowest BCUT2D eigenvalue weighted by atomic mass is 10.3. The van der Waals surface area contributed by atoms with E-state index in [0.717, 1.165) is 28.0 Å². The van der Waals surface area contributed by atoms with E-state index in [1.165, 1.54) is 11.8 Å². The van der Waals surface area contributed by atoms with Gasteiger partial charge in [-0.3, -0.25) is 10.2 Å². The number of nitrogens with one attached hydrogen (secondary N) is 1. The van der Waals surface area contributed by atoms with Crippen LogP contribution in [0.15, 0.2) is 58.2 Å². The minimum atomic E-state index is -0.281. The van der Waals surface area contributed by atoms with Gasteiger partial charge in [0, 0.05) is 0 Å². The molecule has 0 unspecified atom stereocenters. The van der Waals surface area contributed by atoms with Gasteiger partial charge in [-0.1, -0.05) is 36.0 Å². The van der Waals surface area contributed by atoms with E-state index in [4.69, 9.17) is 10.3 Å². The second-order valence-corrected chi connectivity index (χ2v) is 6.33. The number of fused-ring (bicyclic) bond motifs is 2. The van der Waals surface area contributed by atoms with E-state index in [2.05, 4.69) is 15.4 Å². The third-order valence-electron chi connectivity index (χ3n) is 3.80. The predicted octanol–water partition coefficient (Wildman–Crippen LogP) is 2.46. The highest BCUT2D eigenvalue weighted by Gasteiger charge is 2.15. The number of hydrogen-bond donors (Lipinski definition) is 2. The Morgan fingerprint density at radius 1 is 1.12 bits per heavy atom. The number of amides is 1. The van der Waals surface area contributed by atoms with Gasteiger partial charge in [-0.25, -0.2) is 15.8 Å². The average Bonchev–Trinajstić information content (AvgIpc) is 3.21. The van der Waals surface area contributed by atoms with Crippen molar-refractivity contribution in [2.45, 2.75) is 17.5 Å². The van der Waals surface area contributed by atoms with Crippen LogP contribution in [0.4, 0.5) is 0 Å². The van der Waals surface area contributed by atoms with Gasteiger partial charge in [0.2, 0.25) is 0 Å². The molecule has 2 heterocycles. The number of carbonyl (C=O) groups is 1. The Morgan fingerprint density at radius 2 is 1.88 bits per heavy atom. The maximum Gasteiger partial charge on any atom is 0.257 e. The number of nitrogens with zero attached hydrogens (tertiary/aromatic N) is 3. The molecule has 0 radical (unpaired) electrons. The lowest BCUT2D eigenvalue weighted by Crippen LogP contribution is -2.33. The monoisotopic (exact) mass is 353 g/mol. The molecule has 0 saturated heterocycles. The zero-order valence-electron chi connectivity index (χ0n) is 13.2. The number of benzene rings is 2. The van der Waals surface area contributed by atoms with Crippen LogP contribution < -0.4 is 11.3 Å². The number of oxazole rings is 1. The van der Waals surface area contributed by atoms with Crippen molar-refractivity contribution in [2.75, 3.05) is 0 Å². The van der Waals surface area contributed by atoms with Crippen molar-refractivity contribution in [1.82, 2.24) is 20.0 Å². The zero-order valence-corrected chi connectivity index (χ0v) is 14.0. The van der Waals surface area contributed by atoms with E-state index in [1.807, 2.05) is 53.1 Å². The second kappa shape index (κ2) is 6.58. The summed E-state index contributed by atoms with van der Waals surface area (Å²) in [5.74, 6) is 6.23. The molecule has 126 valence electrons. The first-order chi connectivity index (χ1) is 12.2. The number of thioether (sulfide) groups is 1.